The van der Waals surface area contributed by atoms with Gasteiger partial charge in [-0.2, -0.15) is 0 Å². The number of hydrogen-bond donors (Lipinski definition) is 1. The number of hydrogen-bond acceptors (Lipinski definition) is 3. The Morgan fingerprint density at radius 2 is 2.00 bits per heavy atom. The second kappa shape index (κ2) is 4.61. The van der Waals surface area contributed by atoms with Gasteiger partial charge in [-0.3, -0.25) is 4.79 Å². The van der Waals surface area contributed by atoms with Gasteiger partial charge in [0.1, 0.15) is 5.82 Å². The lowest BCUT2D eigenvalue weighted by Crippen LogP contribution is -2.15. The summed E-state index contributed by atoms with van der Waals surface area (Å²) in [4.78, 5) is 11.4. The minimum absolute atomic E-state index is 0.00310. The highest BCUT2D eigenvalue weighted by Crippen LogP contribution is 2.30. The van der Waals surface area contributed by atoms with Gasteiger partial charge in [-0.15, -0.1) is 0 Å². The lowest BCUT2D eigenvalue weighted by molar-refractivity contribution is 0.0848. The van der Waals surface area contributed by atoms with E-state index in [0.717, 1.165) is 12.1 Å². The molecular formula is C12H13FO3. The fourth-order valence-electron chi connectivity index (χ4n) is 1.96. The topological polar surface area (TPSA) is 46.5 Å². The number of ether oxygens (including phenoxy) is 1. The molecule has 1 aromatic carbocycles. The predicted octanol–water partition coefficient (Wildman–Crippen LogP) is 1.79. The average molecular weight is 224 g/mol. The molecule has 0 spiro atoms. The van der Waals surface area contributed by atoms with Gasteiger partial charge >= 0.3 is 0 Å². The van der Waals surface area contributed by atoms with E-state index >= 15 is 0 Å². The van der Waals surface area contributed by atoms with Crippen LogP contribution in [-0.4, -0.2) is 18.3 Å². The summed E-state index contributed by atoms with van der Waals surface area (Å²) >= 11 is 0. The van der Waals surface area contributed by atoms with E-state index in [1.807, 2.05) is 0 Å². The van der Waals surface area contributed by atoms with Crippen LogP contribution < -0.4 is 5.43 Å². The van der Waals surface area contributed by atoms with Crippen molar-refractivity contribution in [1.29, 1.82) is 0 Å². The van der Waals surface area contributed by atoms with Gasteiger partial charge in [0.05, 0.1) is 0 Å². The van der Waals surface area contributed by atoms with Crippen molar-refractivity contribution in [3.8, 4) is 5.75 Å². The zero-order valence-corrected chi connectivity index (χ0v) is 8.78. The standard InChI is InChI=1S/C12H13FO3/c13-9-1-2-11(14)12(15)10(7-9)8-3-5-16-6-4-8/h1-2,7-8H,3-6H2,(H,14,15). The van der Waals surface area contributed by atoms with E-state index in [2.05, 4.69) is 0 Å². The van der Waals surface area contributed by atoms with Crippen LogP contribution in [0, 0.1) is 5.82 Å². The Balaban J connectivity index is 2.46. The summed E-state index contributed by atoms with van der Waals surface area (Å²) in [7, 11) is 0. The van der Waals surface area contributed by atoms with Crippen LogP contribution in [0.5, 0.6) is 5.75 Å². The van der Waals surface area contributed by atoms with Crippen molar-refractivity contribution >= 4 is 0 Å². The SMILES string of the molecule is O=c1ccc(F)cc(C2CCOCC2)c1O. The maximum Gasteiger partial charge on any atom is 0.220 e. The van der Waals surface area contributed by atoms with Gasteiger partial charge in [-0.1, -0.05) is 0 Å². The third-order valence-corrected chi connectivity index (χ3v) is 2.86. The van der Waals surface area contributed by atoms with Crippen LogP contribution in [-0.2, 0) is 4.74 Å². The highest BCUT2D eigenvalue weighted by atomic mass is 19.1. The van der Waals surface area contributed by atoms with Crippen molar-refractivity contribution in [2.24, 2.45) is 0 Å². The highest BCUT2D eigenvalue weighted by molar-refractivity contribution is 5.34. The fourth-order valence-corrected chi connectivity index (χ4v) is 1.96. The highest BCUT2D eigenvalue weighted by Gasteiger charge is 2.20. The van der Waals surface area contributed by atoms with E-state index in [4.69, 9.17) is 4.74 Å². The van der Waals surface area contributed by atoms with Gasteiger partial charge in [0.2, 0.25) is 5.43 Å². The monoisotopic (exact) mass is 224 g/mol. The molecule has 1 aromatic rings. The minimum Gasteiger partial charge on any atom is -0.504 e. The van der Waals surface area contributed by atoms with Crippen LogP contribution in [0.2, 0.25) is 0 Å². The molecule has 4 heteroatoms. The summed E-state index contributed by atoms with van der Waals surface area (Å²) in [5.41, 5.74) is -0.138. The first-order chi connectivity index (χ1) is 7.68. The number of halogens is 1. The van der Waals surface area contributed by atoms with Gasteiger partial charge in [-0.05, 0) is 37.0 Å². The van der Waals surface area contributed by atoms with Gasteiger partial charge in [-0.25, -0.2) is 4.39 Å². The van der Waals surface area contributed by atoms with E-state index in [9.17, 15) is 14.3 Å². The maximum absolute atomic E-state index is 13.2. The van der Waals surface area contributed by atoms with Gasteiger partial charge in [0.15, 0.2) is 5.75 Å². The zero-order valence-electron chi connectivity index (χ0n) is 8.78. The molecule has 1 fully saturated rings. The van der Waals surface area contributed by atoms with E-state index in [1.54, 1.807) is 0 Å². The number of rotatable bonds is 1. The summed E-state index contributed by atoms with van der Waals surface area (Å²) in [5.74, 6) is -0.835. The van der Waals surface area contributed by atoms with Crippen molar-refractivity contribution in [3.63, 3.8) is 0 Å². The molecule has 0 unspecified atom stereocenters. The second-order valence-corrected chi connectivity index (χ2v) is 3.92. The van der Waals surface area contributed by atoms with Crippen LogP contribution in [0.1, 0.15) is 24.3 Å². The quantitative estimate of drug-likeness (QED) is 0.791. The molecule has 0 bridgehead atoms. The molecule has 1 saturated heterocycles. The first kappa shape index (κ1) is 11.1. The Labute approximate surface area is 92.5 Å². The van der Waals surface area contributed by atoms with Crippen molar-refractivity contribution in [2.75, 3.05) is 13.2 Å². The molecule has 2 rings (SSSR count). The van der Waals surface area contributed by atoms with Crippen LogP contribution in [0.4, 0.5) is 4.39 Å². The summed E-state index contributed by atoms with van der Waals surface area (Å²) < 4.78 is 18.4. The Morgan fingerprint density at radius 1 is 1.31 bits per heavy atom. The third kappa shape index (κ3) is 2.22. The largest absolute Gasteiger partial charge is 0.504 e. The first-order valence-electron chi connectivity index (χ1n) is 5.29. The minimum atomic E-state index is -0.537. The molecule has 3 nitrogen and oxygen atoms in total. The second-order valence-electron chi connectivity index (χ2n) is 3.92. The summed E-state index contributed by atoms with van der Waals surface area (Å²) in [5, 5.41) is 9.71. The lowest BCUT2D eigenvalue weighted by Gasteiger charge is -2.22. The Kier molecular flexibility index (Phi) is 3.19. The molecule has 1 aliphatic heterocycles. The summed E-state index contributed by atoms with van der Waals surface area (Å²) in [6.07, 6.45) is 1.41. The normalized spacial score (nSPS) is 17.3. The molecule has 86 valence electrons. The van der Waals surface area contributed by atoms with Crippen LogP contribution in [0.25, 0.3) is 0 Å². The van der Waals surface area contributed by atoms with Crippen molar-refractivity contribution in [2.45, 2.75) is 18.8 Å². The van der Waals surface area contributed by atoms with Crippen LogP contribution >= 0.6 is 0 Å². The van der Waals surface area contributed by atoms with Crippen LogP contribution in [0.3, 0.4) is 0 Å². The molecule has 0 saturated carbocycles. The third-order valence-electron chi connectivity index (χ3n) is 2.86. The molecular weight excluding hydrogens is 211 g/mol. The molecule has 1 N–H and O–H groups in total. The fraction of sp³-hybridized carbons (Fsp3) is 0.417. The molecule has 16 heavy (non-hydrogen) atoms. The lowest BCUT2D eigenvalue weighted by atomic mass is 9.92. The van der Waals surface area contributed by atoms with E-state index in [-0.39, 0.29) is 11.7 Å². The zero-order chi connectivity index (χ0) is 11.5. The van der Waals surface area contributed by atoms with Crippen molar-refractivity contribution in [1.82, 2.24) is 0 Å². The molecule has 0 aliphatic carbocycles. The van der Waals surface area contributed by atoms with Gasteiger partial charge in [0, 0.05) is 18.8 Å². The summed E-state index contributed by atoms with van der Waals surface area (Å²) in [6.45, 7) is 1.16. The van der Waals surface area contributed by atoms with Crippen LogP contribution in [0.15, 0.2) is 23.0 Å². The molecule has 1 heterocycles. The molecule has 0 radical (unpaired) electrons. The van der Waals surface area contributed by atoms with E-state index in [1.165, 1.54) is 6.07 Å². The number of aromatic hydroxyl groups is 1. The van der Waals surface area contributed by atoms with Gasteiger partial charge in [0.25, 0.3) is 0 Å². The Morgan fingerprint density at radius 3 is 2.69 bits per heavy atom. The maximum atomic E-state index is 13.2. The molecule has 0 aromatic heterocycles. The molecule has 0 atom stereocenters. The predicted molar refractivity (Wildman–Crippen MR) is 57.1 cm³/mol. The van der Waals surface area contributed by atoms with Crippen molar-refractivity contribution in [3.05, 3.63) is 39.8 Å². The summed E-state index contributed by atoms with van der Waals surface area (Å²) in [6, 6.07) is 3.37. The van der Waals surface area contributed by atoms with E-state index in [0.29, 0.717) is 31.6 Å². The Hall–Kier alpha value is -1.42. The average Bonchev–Trinajstić information content (AvgIpc) is 2.44. The van der Waals surface area contributed by atoms with Crippen molar-refractivity contribution < 1.29 is 14.2 Å². The molecule has 0 amide bonds. The van der Waals surface area contributed by atoms with E-state index < -0.39 is 11.2 Å². The van der Waals surface area contributed by atoms with Gasteiger partial charge < -0.3 is 9.84 Å². The Bertz CT molecular complexity index is 439. The smallest absolute Gasteiger partial charge is 0.220 e. The molecule has 1 aliphatic rings. The first-order valence-corrected chi connectivity index (χ1v) is 5.29.